The predicted molar refractivity (Wildman–Crippen MR) is 94.6 cm³/mol. The lowest BCUT2D eigenvalue weighted by atomic mass is 10.1. The highest BCUT2D eigenvalue weighted by atomic mass is 32.2. The third-order valence-electron chi connectivity index (χ3n) is 3.76. The molecule has 0 spiro atoms. The zero-order valence-electron chi connectivity index (χ0n) is 12.7. The second kappa shape index (κ2) is 9.95. The van der Waals surface area contributed by atoms with Gasteiger partial charge in [0.25, 0.3) is 5.24 Å². The fourth-order valence-corrected chi connectivity index (χ4v) is 4.53. The molecule has 0 radical (unpaired) electrons. The van der Waals surface area contributed by atoms with Crippen LogP contribution in [0.5, 0.6) is 0 Å². The first-order chi connectivity index (χ1) is 10.8. The number of carbonyl (C=O) groups excluding carboxylic acids is 2. The van der Waals surface area contributed by atoms with Crippen molar-refractivity contribution in [1.82, 2.24) is 5.32 Å². The Morgan fingerprint density at radius 1 is 1.27 bits per heavy atom. The maximum absolute atomic E-state index is 11.8. The lowest BCUT2D eigenvalue weighted by Gasteiger charge is -2.12. The van der Waals surface area contributed by atoms with E-state index in [9.17, 15) is 9.59 Å². The molecule has 1 aromatic carbocycles. The first-order valence-electron chi connectivity index (χ1n) is 7.85. The van der Waals surface area contributed by atoms with Crippen molar-refractivity contribution in [2.45, 2.75) is 42.2 Å². The molecule has 2 rings (SSSR count). The Hall–Kier alpha value is -0.940. The SMILES string of the molecule is O=C[C@@H](CCNC(=O)SC1CCCC1)CSc1ccccc1. The Labute approximate surface area is 141 Å². The quantitative estimate of drug-likeness (QED) is 0.565. The van der Waals surface area contributed by atoms with Crippen molar-refractivity contribution in [3.63, 3.8) is 0 Å². The van der Waals surface area contributed by atoms with Crippen LogP contribution in [0.15, 0.2) is 35.2 Å². The second-order valence-electron chi connectivity index (χ2n) is 5.55. The van der Waals surface area contributed by atoms with E-state index in [-0.39, 0.29) is 11.2 Å². The van der Waals surface area contributed by atoms with Crippen LogP contribution in [0.4, 0.5) is 4.79 Å². The van der Waals surface area contributed by atoms with Crippen LogP contribution in [-0.2, 0) is 4.79 Å². The Morgan fingerprint density at radius 2 is 2.00 bits per heavy atom. The molecule has 1 aliphatic rings. The molecule has 0 aromatic heterocycles. The van der Waals surface area contributed by atoms with Crippen LogP contribution in [0.25, 0.3) is 0 Å². The average molecular weight is 338 g/mol. The summed E-state index contributed by atoms with van der Waals surface area (Å²) >= 11 is 3.12. The van der Waals surface area contributed by atoms with Crippen molar-refractivity contribution < 1.29 is 9.59 Å². The van der Waals surface area contributed by atoms with E-state index >= 15 is 0 Å². The van der Waals surface area contributed by atoms with E-state index in [0.717, 1.165) is 24.9 Å². The largest absolute Gasteiger partial charge is 0.347 e. The summed E-state index contributed by atoms with van der Waals surface area (Å²) in [6.45, 7) is 0.581. The molecule has 0 aliphatic heterocycles. The molecule has 0 saturated heterocycles. The smallest absolute Gasteiger partial charge is 0.279 e. The number of benzene rings is 1. The van der Waals surface area contributed by atoms with Crippen LogP contribution in [0.1, 0.15) is 32.1 Å². The van der Waals surface area contributed by atoms with Crippen LogP contribution < -0.4 is 5.32 Å². The van der Waals surface area contributed by atoms with Gasteiger partial charge in [-0.3, -0.25) is 4.79 Å². The van der Waals surface area contributed by atoms with Gasteiger partial charge < -0.3 is 10.1 Å². The number of carbonyl (C=O) groups is 2. The Kier molecular flexibility index (Phi) is 7.88. The molecular formula is C17H23NO2S2. The second-order valence-corrected chi connectivity index (χ2v) is 7.91. The van der Waals surface area contributed by atoms with E-state index in [1.54, 1.807) is 11.8 Å². The van der Waals surface area contributed by atoms with Crippen molar-refractivity contribution in [3.05, 3.63) is 30.3 Å². The highest BCUT2D eigenvalue weighted by Gasteiger charge is 2.19. The first kappa shape index (κ1) is 17.4. The summed E-state index contributed by atoms with van der Waals surface area (Å²) in [5.41, 5.74) is 0. The average Bonchev–Trinajstić information content (AvgIpc) is 3.04. The molecule has 5 heteroatoms. The van der Waals surface area contributed by atoms with Crippen molar-refractivity contribution in [2.24, 2.45) is 5.92 Å². The molecule has 0 heterocycles. The van der Waals surface area contributed by atoms with Gasteiger partial charge in [0.2, 0.25) is 0 Å². The molecule has 1 saturated carbocycles. The minimum absolute atomic E-state index is 0.0120. The summed E-state index contributed by atoms with van der Waals surface area (Å²) < 4.78 is 0. The Balaban J connectivity index is 1.61. The first-order valence-corrected chi connectivity index (χ1v) is 9.72. The fourth-order valence-electron chi connectivity index (χ4n) is 2.47. The van der Waals surface area contributed by atoms with Crippen LogP contribution in [0.2, 0.25) is 0 Å². The maximum Gasteiger partial charge on any atom is 0.279 e. The van der Waals surface area contributed by atoms with Crippen molar-refractivity contribution >= 4 is 35.0 Å². The molecular weight excluding hydrogens is 314 g/mol. The number of rotatable bonds is 8. The van der Waals surface area contributed by atoms with E-state index in [4.69, 9.17) is 0 Å². The van der Waals surface area contributed by atoms with Gasteiger partial charge in [0.15, 0.2) is 0 Å². The number of thioether (sulfide) groups is 2. The third-order valence-corrected chi connectivity index (χ3v) is 6.12. The van der Waals surface area contributed by atoms with Crippen LogP contribution >= 0.6 is 23.5 Å². The fraction of sp³-hybridized carbons (Fsp3) is 0.529. The molecule has 1 aliphatic carbocycles. The Bertz CT molecular complexity index is 461. The van der Waals surface area contributed by atoms with Gasteiger partial charge in [-0.15, -0.1) is 11.8 Å². The molecule has 22 heavy (non-hydrogen) atoms. The topological polar surface area (TPSA) is 46.2 Å². The lowest BCUT2D eigenvalue weighted by Crippen LogP contribution is -2.24. The van der Waals surface area contributed by atoms with Crippen molar-refractivity contribution in [2.75, 3.05) is 12.3 Å². The number of amides is 1. The molecule has 120 valence electrons. The highest BCUT2D eigenvalue weighted by molar-refractivity contribution is 8.14. The van der Waals surface area contributed by atoms with Gasteiger partial charge in [-0.1, -0.05) is 42.8 Å². The maximum atomic E-state index is 11.8. The van der Waals surface area contributed by atoms with Crippen molar-refractivity contribution in [1.29, 1.82) is 0 Å². The lowest BCUT2D eigenvalue weighted by molar-refractivity contribution is -0.110. The molecule has 1 N–H and O–H groups in total. The molecule has 1 atom stereocenters. The zero-order chi connectivity index (χ0) is 15.6. The molecule has 1 amide bonds. The van der Waals surface area contributed by atoms with E-state index < -0.39 is 0 Å². The molecule has 0 bridgehead atoms. The summed E-state index contributed by atoms with van der Waals surface area (Å²) in [6, 6.07) is 10.1. The summed E-state index contributed by atoms with van der Waals surface area (Å²) in [5, 5.41) is 3.49. The standard InChI is InChI=1S/C17H23NO2S2/c19-12-14(13-21-15-6-2-1-3-7-15)10-11-18-17(20)22-16-8-4-5-9-16/h1-3,6-7,12,14,16H,4-5,8-11,13H2,(H,18,20)/t14-/m1/s1. The third kappa shape index (κ3) is 6.44. The molecule has 1 fully saturated rings. The van der Waals surface area contributed by atoms with Gasteiger partial charge >= 0.3 is 0 Å². The van der Waals surface area contributed by atoms with Crippen molar-refractivity contribution in [3.8, 4) is 0 Å². The van der Waals surface area contributed by atoms with Gasteiger partial charge in [0.1, 0.15) is 6.29 Å². The molecule has 1 aromatic rings. The van der Waals surface area contributed by atoms with Crippen LogP contribution in [-0.4, -0.2) is 29.1 Å². The minimum atomic E-state index is -0.0120. The number of aldehydes is 1. The van der Waals surface area contributed by atoms with Gasteiger partial charge in [-0.2, -0.15) is 0 Å². The monoisotopic (exact) mass is 337 g/mol. The van der Waals surface area contributed by atoms with Crippen LogP contribution in [0, 0.1) is 5.92 Å². The highest BCUT2D eigenvalue weighted by Crippen LogP contribution is 2.29. The van der Waals surface area contributed by atoms with E-state index in [1.807, 2.05) is 30.3 Å². The zero-order valence-corrected chi connectivity index (χ0v) is 14.3. The Morgan fingerprint density at radius 3 is 2.68 bits per heavy atom. The summed E-state index contributed by atoms with van der Waals surface area (Å²) in [6.07, 6.45) is 6.52. The summed E-state index contributed by atoms with van der Waals surface area (Å²) in [7, 11) is 0. The summed E-state index contributed by atoms with van der Waals surface area (Å²) in [4.78, 5) is 24.1. The van der Waals surface area contributed by atoms with Gasteiger partial charge in [0.05, 0.1) is 0 Å². The van der Waals surface area contributed by atoms with Gasteiger partial charge in [-0.05, 0) is 31.4 Å². The number of hydrogen-bond acceptors (Lipinski definition) is 4. The molecule has 3 nitrogen and oxygen atoms in total. The molecule has 0 unspecified atom stereocenters. The minimum Gasteiger partial charge on any atom is -0.347 e. The van der Waals surface area contributed by atoms with Gasteiger partial charge in [0, 0.05) is 28.4 Å². The van der Waals surface area contributed by atoms with E-state index in [0.29, 0.717) is 18.2 Å². The number of hydrogen-bond donors (Lipinski definition) is 1. The number of nitrogens with one attached hydrogen (secondary N) is 1. The van der Waals surface area contributed by atoms with E-state index in [2.05, 4.69) is 5.32 Å². The predicted octanol–water partition coefficient (Wildman–Crippen LogP) is 4.37. The summed E-state index contributed by atoms with van der Waals surface area (Å²) in [5.74, 6) is 0.751. The van der Waals surface area contributed by atoms with Gasteiger partial charge in [-0.25, -0.2) is 0 Å². The normalized spacial score (nSPS) is 16.4. The van der Waals surface area contributed by atoms with E-state index in [1.165, 1.54) is 29.5 Å². The van der Waals surface area contributed by atoms with Crippen LogP contribution in [0.3, 0.4) is 0 Å².